The van der Waals surface area contributed by atoms with Gasteiger partial charge in [-0.15, -0.1) is 0 Å². The SMILES string of the molecule is Cc1cc(Br)c(C(N)C2CC2)cc1Br. The van der Waals surface area contributed by atoms with Crippen LogP contribution in [0.5, 0.6) is 0 Å². The molecule has 1 atom stereocenters. The summed E-state index contributed by atoms with van der Waals surface area (Å²) in [7, 11) is 0. The molecule has 1 aromatic rings. The van der Waals surface area contributed by atoms with Gasteiger partial charge < -0.3 is 5.73 Å². The first-order valence-electron chi connectivity index (χ1n) is 4.80. The van der Waals surface area contributed by atoms with Crippen molar-refractivity contribution in [3.63, 3.8) is 0 Å². The molecule has 2 rings (SSSR count). The van der Waals surface area contributed by atoms with E-state index in [1.165, 1.54) is 24.0 Å². The number of halogens is 2. The highest BCUT2D eigenvalue weighted by molar-refractivity contribution is 9.11. The molecule has 0 spiro atoms. The lowest BCUT2D eigenvalue weighted by Crippen LogP contribution is -2.13. The highest BCUT2D eigenvalue weighted by Crippen LogP contribution is 2.42. The summed E-state index contributed by atoms with van der Waals surface area (Å²) in [5.74, 6) is 0.695. The van der Waals surface area contributed by atoms with Gasteiger partial charge in [-0.25, -0.2) is 0 Å². The topological polar surface area (TPSA) is 26.0 Å². The van der Waals surface area contributed by atoms with Crippen LogP contribution in [-0.4, -0.2) is 0 Å². The Morgan fingerprint density at radius 1 is 1.29 bits per heavy atom. The highest BCUT2D eigenvalue weighted by Gasteiger charge is 2.30. The lowest BCUT2D eigenvalue weighted by molar-refractivity contribution is 0.630. The molecule has 0 aromatic heterocycles. The third-order valence-electron chi connectivity index (χ3n) is 2.77. The molecule has 1 aliphatic carbocycles. The third-order valence-corrected chi connectivity index (χ3v) is 4.31. The molecular weight excluding hydrogens is 306 g/mol. The second-order valence-electron chi connectivity index (χ2n) is 3.99. The van der Waals surface area contributed by atoms with Gasteiger partial charge in [-0.05, 0) is 48.9 Å². The molecule has 2 N–H and O–H groups in total. The maximum atomic E-state index is 6.17. The second kappa shape index (κ2) is 3.95. The first kappa shape index (κ1) is 10.7. The average molecular weight is 319 g/mol. The smallest absolute Gasteiger partial charge is 0.0335 e. The molecule has 1 saturated carbocycles. The normalized spacial score (nSPS) is 18.3. The zero-order valence-electron chi connectivity index (χ0n) is 8.06. The van der Waals surface area contributed by atoms with Gasteiger partial charge in [0.05, 0.1) is 0 Å². The zero-order chi connectivity index (χ0) is 10.3. The summed E-state index contributed by atoms with van der Waals surface area (Å²) in [6.07, 6.45) is 2.55. The van der Waals surface area contributed by atoms with Gasteiger partial charge in [-0.3, -0.25) is 0 Å². The quantitative estimate of drug-likeness (QED) is 0.878. The van der Waals surface area contributed by atoms with Gasteiger partial charge in [-0.2, -0.15) is 0 Å². The summed E-state index contributed by atoms with van der Waals surface area (Å²) in [4.78, 5) is 0. The fourth-order valence-electron chi connectivity index (χ4n) is 1.63. The van der Waals surface area contributed by atoms with E-state index in [1.54, 1.807) is 0 Å². The molecule has 3 heteroatoms. The van der Waals surface area contributed by atoms with E-state index in [9.17, 15) is 0 Å². The first-order valence-corrected chi connectivity index (χ1v) is 6.39. The Morgan fingerprint density at radius 3 is 2.50 bits per heavy atom. The number of hydrogen-bond donors (Lipinski definition) is 1. The third kappa shape index (κ3) is 2.05. The van der Waals surface area contributed by atoms with Crippen LogP contribution in [0, 0.1) is 12.8 Å². The number of hydrogen-bond acceptors (Lipinski definition) is 1. The minimum Gasteiger partial charge on any atom is -0.324 e. The zero-order valence-corrected chi connectivity index (χ0v) is 11.2. The molecule has 0 amide bonds. The number of aryl methyl sites for hydroxylation is 1. The fraction of sp³-hybridized carbons (Fsp3) is 0.455. The van der Waals surface area contributed by atoms with Crippen molar-refractivity contribution in [2.45, 2.75) is 25.8 Å². The molecule has 1 unspecified atom stereocenters. The van der Waals surface area contributed by atoms with E-state index in [0.29, 0.717) is 5.92 Å². The van der Waals surface area contributed by atoms with E-state index < -0.39 is 0 Å². The van der Waals surface area contributed by atoms with Crippen LogP contribution in [0.4, 0.5) is 0 Å². The van der Waals surface area contributed by atoms with Crippen molar-refractivity contribution in [2.24, 2.45) is 11.7 Å². The van der Waals surface area contributed by atoms with Crippen molar-refractivity contribution in [1.29, 1.82) is 0 Å². The molecule has 1 aromatic carbocycles. The standard InChI is InChI=1S/C11H13Br2N/c1-6-4-10(13)8(5-9(6)12)11(14)7-2-3-7/h4-5,7,11H,2-3,14H2,1H3. The van der Waals surface area contributed by atoms with Gasteiger partial charge >= 0.3 is 0 Å². The molecule has 0 radical (unpaired) electrons. The minimum absolute atomic E-state index is 0.196. The van der Waals surface area contributed by atoms with E-state index in [4.69, 9.17) is 5.73 Å². The van der Waals surface area contributed by atoms with E-state index in [2.05, 4.69) is 50.9 Å². The summed E-state index contributed by atoms with van der Waals surface area (Å²) in [5, 5.41) is 0. The highest BCUT2D eigenvalue weighted by atomic mass is 79.9. The van der Waals surface area contributed by atoms with Crippen molar-refractivity contribution in [3.05, 3.63) is 32.2 Å². The second-order valence-corrected chi connectivity index (χ2v) is 5.69. The Balaban J connectivity index is 2.36. The Labute approximate surface area is 101 Å². The van der Waals surface area contributed by atoms with Crippen molar-refractivity contribution < 1.29 is 0 Å². The summed E-state index contributed by atoms with van der Waals surface area (Å²) in [6, 6.07) is 4.46. The largest absolute Gasteiger partial charge is 0.324 e. The van der Waals surface area contributed by atoms with E-state index in [0.717, 1.165) is 8.95 Å². The maximum Gasteiger partial charge on any atom is 0.0335 e. The molecule has 14 heavy (non-hydrogen) atoms. The Kier molecular flexibility index (Phi) is 3.01. The Morgan fingerprint density at radius 2 is 1.93 bits per heavy atom. The van der Waals surface area contributed by atoms with Crippen molar-refractivity contribution in [2.75, 3.05) is 0 Å². The number of rotatable bonds is 2. The lowest BCUT2D eigenvalue weighted by Gasteiger charge is -2.14. The van der Waals surface area contributed by atoms with E-state index in [1.807, 2.05) is 0 Å². The summed E-state index contributed by atoms with van der Waals surface area (Å²) in [5.41, 5.74) is 8.64. The first-order chi connectivity index (χ1) is 6.59. The van der Waals surface area contributed by atoms with Crippen molar-refractivity contribution in [3.8, 4) is 0 Å². The fourth-order valence-corrected chi connectivity index (χ4v) is 2.71. The maximum absolute atomic E-state index is 6.17. The molecule has 1 fully saturated rings. The predicted molar refractivity (Wildman–Crippen MR) is 66.2 cm³/mol. The predicted octanol–water partition coefficient (Wildman–Crippen LogP) is 3.93. The molecule has 0 bridgehead atoms. The molecule has 1 nitrogen and oxygen atoms in total. The average Bonchev–Trinajstić information content (AvgIpc) is 2.93. The van der Waals surface area contributed by atoms with Crippen molar-refractivity contribution in [1.82, 2.24) is 0 Å². The number of benzene rings is 1. The van der Waals surface area contributed by atoms with Gasteiger partial charge in [0.2, 0.25) is 0 Å². The molecule has 0 heterocycles. The molecule has 0 aliphatic heterocycles. The van der Waals surface area contributed by atoms with Crippen LogP contribution in [0.1, 0.15) is 30.0 Å². The minimum atomic E-state index is 0.196. The van der Waals surface area contributed by atoms with Crippen LogP contribution >= 0.6 is 31.9 Å². The van der Waals surface area contributed by atoms with E-state index >= 15 is 0 Å². The van der Waals surface area contributed by atoms with Gasteiger partial charge in [0.1, 0.15) is 0 Å². The lowest BCUT2D eigenvalue weighted by atomic mass is 10.0. The summed E-state index contributed by atoms with van der Waals surface area (Å²) >= 11 is 7.12. The number of nitrogens with two attached hydrogens (primary N) is 1. The molecular formula is C11H13Br2N. The molecule has 0 saturated heterocycles. The summed E-state index contributed by atoms with van der Waals surface area (Å²) in [6.45, 7) is 2.08. The van der Waals surface area contributed by atoms with Crippen LogP contribution in [-0.2, 0) is 0 Å². The van der Waals surface area contributed by atoms with Crippen LogP contribution in [0.25, 0.3) is 0 Å². The van der Waals surface area contributed by atoms with Crippen LogP contribution < -0.4 is 5.73 Å². The van der Waals surface area contributed by atoms with Crippen LogP contribution in [0.2, 0.25) is 0 Å². The Bertz CT molecular complexity index is 359. The van der Waals surface area contributed by atoms with Crippen LogP contribution in [0.3, 0.4) is 0 Å². The van der Waals surface area contributed by atoms with Gasteiger partial charge in [-0.1, -0.05) is 31.9 Å². The Hall–Kier alpha value is 0.140. The molecule has 76 valence electrons. The van der Waals surface area contributed by atoms with Gasteiger partial charge in [0, 0.05) is 15.0 Å². The molecule has 1 aliphatic rings. The summed E-state index contributed by atoms with van der Waals surface area (Å²) < 4.78 is 2.28. The monoisotopic (exact) mass is 317 g/mol. The van der Waals surface area contributed by atoms with Gasteiger partial charge in [0.15, 0.2) is 0 Å². The van der Waals surface area contributed by atoms with E-state index in [-0.39, 0.29) is 6.04 Å². The van der Waals surface area contributed by atoms with Crippen molar-refractivity contribution >= 4 is 31.9 Å². The van der Waals surface area contributed by atoms with Gasteiger partial charge in [0.25, 0.3) is 0 Å². The van der Waals surface area contributed by atoms with Crippen LogP contribution in [0.15, 0.2) is 21.1 Å².